The van der Waals surface area contributed by atoms with Crippen molar-refractivity contribution in [3.8, 4) is 11.3 Å². The highest BCUT2D eigenvalue weighted by atomic mass is 16.3. The molecular weight excluding hydrogens is 160 g/mol. The lowest BCUT2D eigenvalue weighted by Crippen LogP contribution is -1.75. The third kappa shape index (κ3) is 0.937. The largest absolute Gasteiger partial charge is 0.456 e. The summed E-state index contributed by atoms with van der Waals surface area (Å²) in [6.45, 7) is 0. The van der Waals surface area contributed by atoms with Crippen LogP contribution in [-0.2, 0) is 0 Å². The van der Waals surface area contributed by atoms with Gasteiger partial charge in [0.05, 0.1) is 0 Å². The van der Waals surface area contributed by atoms with Gasteiger partial charge in [0.25, 0.3) is 0 Å². The Labute approximate surface area is 75.9 Å². The molecule has 1 aromatic rings. The highest BCUT2D eigenvalue weighted by Crippen LogP contribution is 2.28. The van der Waals surface area contributed by atoms with Crippen LogP contribution < -0.4 is 0 Å². The van der Waals surface area contributed by atoms with Crippen LogP contribution in [-0.4, -0.2) is 0 Å². The Hall–Kier alpha value is -1.76. The van der Waals surface area contributed by atoms with Gasteiger partial charge >= 0.3 is 0 Å². The molecule has 0 aromatic heterocycles. The fourth-order valence-corrected chi connectivity index (χ4v) is 1.61. The highest BCUT2D eigenvalue weighted by Gasteiger charge is 2.05. The third-order valence-corrected chi connectivity index (χ3v) is 2.26. The Morgan fingerprint density at radius 3 is 2.77 bits per heavy atom. The van der Waals surface area contributed by atoms with Crippen molar-refractivity contribution >= 4 is 11.0 Å². The lowest BCUT2D eigenvalue weighted by molar-refractivity contribution is 0.621. The minimum absolute atomic E-state index is 0.946. The molecule has 1 aliphatic carbocycles. The summed E-state index contributed by atoms with van der Waals surface area (Å²) in [6.07, 6.45) is 0. The third-order valence-electron chi connectivity index (χ3n) is 2.26. The standard InChI is InChI=1S/C12H8O/c1-2-6-11-9(4-1)8-10-5-3-7-12(10)13-11/h1-8H. The Kier molecular flexibility index (Phi) is 1.22. The van der Waals surface area contributed by atoms with Gasteiger partial charge in [-0.2, -0.15) is 0 Å². The fourth-order valence-electron chi connectivity index (χ4n) is 1.61. The molecule has 0 unspecified atom stereocenters. The van der Waals surface area contributed by atoms with E-state index in [0.29, 0.717) is 0 Å². The molecule has 13 heavy (non-hydrogen) atoms. The molecule has 0 saturated carbocycles. The molecule has 0 radical (unpaired) electrons. The number of para-hydroxylation sites is 1. The van der Waals surface area contributed by atoms with Crippen LogP contribution in [0.5, 0.6) is 0 Å². The first-order chi connectivity index (χ1) is 6.43. The van der Waals surface area contributed by atoms with E-state index in [1.54, 1.807) is 0 Å². The van der Waals surface area contributed by atoms with Gasteiger partial charge < -0.3 is 4.42 Å². The Bertz CT molecular complexity index is 475. The van der Waals surface area contributed by atoms with Crippen LogP contribution in [0.25, 0.3) is 22.3 Å². The summed E-state index contributed by atoms with van der Waals surface area (Å²) in [5.41, 5.74) is 2.11. The van der Waals surface area contributed by atoms with Crippen molar-refractivity contribution in [1.82, 2.24) is 0 Å². The van der Waals surface area contributed by atoms with Crippen LogP contribution in [0.3, 0.4) is 0 Å². The monoisotopic (exact) mass is 168 g/mol. The van der Waals surface area contributed by atoms with Gasteiger partial charge in [-0.3, -0.25) is 0 Å². The van der Waals surface area contributed by atoms with Gasteiger partial charge in [0.1, 0.15) is 11.3 Å². The minimum Gasteiger partial charge on any atom is -0.456 e. The van der Waals surface area contributed by atoms with Crippen molar-refractivity contribution in [1.29, 1.82) is 0 Å². The summed E-state index contributed by atoms with van der Waals surface area (Å²) in [6, 6.07) is 16.3. The lowest BCUT2D eigenvalue weighted by Gasteiger charge is -2.01. The Balaban J connectivity index is 2.52. The normalized spacial score (nSPS) is 11.1. The Morgan fingerprint density at radius 1 is 0.846 bits per heavy atom. The molecule has 62 valence electrons. The van der Waals surface area contributed by atoms with Gasteiger partial charge in [-0.15, -0.1) is 0 Å². The molecule has 0 saturated heterocycles. The zero-order valence-electron chi connectivity index (χ0n) is 7.03. The molecule has 0 N–H and O–H groups in total. The predicted molar refractivity (Wildman–Crippen MR) is 52.8 cm³/mol. The van der Waals surface area contributed by atoms with Gasteiger partial charge in [0.15, 0.2) is 0 Å². The average Bonchev–Trinajstić information content (AvgIpc) is 2.61. The van der Waals surface area contributed by atoms with E-state index in [1.165, 1.54) is 5.56 Å². The summed E-state index contributed by atoms with van der Waals surface area (Å²) in [5, 5.41) is 1.15. The highest BCUT2D eigenvalue weighted by molar-refractivity contribution is 5.82. The molecule has 3 rings (SSSR count). The molecule has 1 heterocycles. The molecular formula is C12H8O. The first kappa shape index (κ1) is 6.72. The molecule has 1 aromatic carbocycles. The summed E-state index contributed by atoms with van der Waals surface area (Å²) >= 11 is 0. The molecule has 0 fully saturated rings. The first-order valence-electron chi connectivity index (χ1n) is 4.31. The molecule has 1 heteroatoms. The lowest BCUT2D eigenvalue weighted by atomic mass is 10.1. The summed E-state index contributed by atoms with van der Waals surface area (Å²) < 4.78 is 5.69. The van der Waals surface area contributed by atoms with Gasteiger partial charge in [-0.1, -0.05) is 30.3 Å². The van der Waals surface area contributed by atoms with Crippen LogP contribution in [0.15, 0.2) is 52.9 Å². The van der Waals surface area contributed by atoms with E-state index in [9.17, 15) is 0 Å². The fraction of sp³-hybridized carbons (Fsp3) is 0. The minimum atomic E-state index is 0.946. The second-order valence-electron chi connectivity index (χ2n) is 3.13. The molecule has 1 nitrogen and oxygen atoms in total. The zero-order chi connectivity index (χ0) is 8.67. The van der Waals surface area contributed by atoms with Crippen LogP contribution in [0.2, 0.25) is 0 Å². The summed E-state index contributed by atoms with van der Waals surface area (Å²) in [7, 11) is 0. The van der Waals surface area contributed by atoms with Crippen LogP contribution in [0, 0.1) is 0 Å². The van der Waals surface area contributed by atoms with Crippen LogP contribution in [0.4, 0.5) is 0 Å². The van der Waals surface area contributed by atoms with Gasteiger partial charge in [-0.25, -0.2) is 0 Å². The molecule has 0 bridgehead atoms. The van der Waals surface area contributed by atoms with Crippen molar-refractivity contribution in [2.24, 2.45) is 0 Å². The average molecular weight is 168 g/mol. The van der Waals surface area contributed by atoms with E-state index in [2.05, 4.69) is 18.2 Å². The zero-order valence-corrected chi connectivity index (χ0v) is 7.03. The quantitative estimate of drug-likeness (QED) is 0.500. The maximum Gasteiger partial charge on any atom is 0.134 e. The van der Waals surface area contributed by atoms with Gasteiger partial charge in [0.2, 0.25) is 0 Å². The number of fused-ring (bicyclic) bond motifs is 2. The predicted octanol–water partition coefficient (Wildman–Crippen LogP) is 3.54. The molecule has 2 aliphatic rings. The summed E-state index contributed by atoms with van der Waals surface area (Å²) in [5.74, 6) is 0.957. The maximum atomic E-state index is 5.69. The first-order valence-corrected chi connectivity index (χ1v) is 4.31. The molecule has 1 aliphatic heterocycles. The molecule has 0 spiro atoms. The van der Waals surface area contributed by atoms with E-state index in [1.807, 2.05) is 30.3 Å². The van der Waals surface area contributed by atoms with Crippen LogP contribution >= 0.6 is 0 Å². The van der Waals surface area contributed by atoms with Gasteiger partial charge in [-0.05, 0) is 18.2 Å². The number of benzene rings is 1. The van der Waals surface area contributed by atoms with Crippen molar-refractivity contribution in [3.05, 3.63) is 48.5 Å². The van der Waals surface area contributed by atoms with Crippen molar-refractivity contribution in [2.45, 2.75) is 0 Å². The van der Waals surface area contributed by atoms with E-state index in [0.717, 1.165) is 16.7 Å². The second-order valence-corrected chi connectivity index (χ2v) is 3.13. The number of hydrogen-bond acceptors (Lipinski definition) is 1. The van der Waals surface area contributed by atoms with Gasteiger partial charge in [0, 0.05) is 10.9 Å². The number of rotatable bonds is 0. The van der Waals surface area contributed by atoms with Crippen molar-refractivity contribution in [3.63, 3.8) is 0 Å². The molecule has 0 amide bonds. The van der Waals surface area contributed by atoms with E-state index < -0.39 is 0 Å². The topological polar surface area (TPSA) is 13.1 Å². The Morgan fingerprint density at radius 2 is 1.77 bits per heavy atom. The SMILES string of the molecule is c1cc2cc3ccccc3oc-2c1. The van der Waals surface area contributed by atoms with Crippen LogP contribution in [0.1, 0.15) is 0 Å². The number of hydrogen-bond donors (Lipinski definition) is 0. The van der Waals surface area contributed by atoms with E-state index in [4.69, 9.17) is 4.42 Å². The maximum absolute atomic E-state index is 5.69. The van der Waals surface area contributed by atoms with E-state index in [-0.39, 0.29) is 0 Å². The summed E-state index contributed by atoms with van der Waals surface area (Å²) in [4.78, 5) is 0. The van der Waals surface area contributed by atoms with Crippen molar-refractivity contribution in [2.75, 3.05) is 0 Å². The molecule has 0 atom stereocenters. The second kappa shape index (κ2) is 2.36. The van der Waals surface area contributed by atoms with E-state index >= 15 is 0 Å². The van der Waals surface area contributed by atoms with Crippen molar-refractivity contribution < 1.29 is 4.42 Å². The smallest absolute Gasteiger partial charge is 0.134 e.